The van der Waals surface area contributed by atoms with Gasteiger partial charge in [0.25, 0.3) is 5.91 Å². The first kappa shape index (κ1) is 15.7. The number of rotatable bonds is 7. The molecule has 1 aromatic rings. The van der Waals surface area contributed by atoms with Crippen molar-refractivity contribution < 1.29 is 13.6 Å². The van der Waals surface area contributed by atoms with E-state index in [4.69, 9.17) is 0 Å². The molecular formula is C16H22F2N2O. The fourth-order valence-electron chi connectivity index (χ4n) is 2.33. The molecule has 1 aliphatic carbocycles. The van der Waals surface area contributed by atoms with E-state index in [9.17, 15) is 13.6 Å². The molecule has 0 aliphatic heterocycles. The molecule has 1 amide bonds. The molecule has 1 fully saturated rings. The van der Waals surface area contributed by atoms with Crippen LogP contribution in [0.5, 0.6) is 0 Å². The van der Waals surface area contributed by atoms with E-state index in [0.29, 0.717) is 13.1 Å². The number of halogens is 2. The van der Waals surface area contributed by atoms with Crippen LogP contribution in [0, 0.1) is 17.0 Å². The molecule has 5 heteroatoms. The predicted octanol–water partition coefficient (Wildman–Crippen LogP) is 3.71. The van der Waals surface area contributed by atoms with Crippen molar-refractivity contribution in [3.8, 4) is 0 Å². The third-order valence-corrected chi connectivity index (χ3v) is 4.19. The summed E-state index contributed by atoms with van der Waals surface area (Å²) < 4.78 is 27.7. The second-order valence-corrected chi connectivity index (χ2v) is 5.78. The number of carbonyl (C=O) groups is 1. The highest BCUT2D eigenvalue weighted by Crippen LogP contribution is 2.47. The molecule has 0 bridgehead atoms. The molecule has 1 saturated carbocycles. The number of amides is 1. The lowest BCUT2D eigenvalue weighted by Crippen LogP contribution is -2.30. The molecule has 116 valence electrons. The van der Waals surface area contributed by atoms with Crippen LogP contribution in [0.1, 0.15) is 49.9 Å². The number of nitrogens with one attached hydrogen (secondary N) is 2. The number of hydrogen-bond acceptors (Lipinski definition) is 2. The Kier molecular flexibility index (Phi) is 4.80. The van der Waals surface area contributed by atoms with Crippen molar-refractivity contribution in [1.29, 1.82) is 0 Å². The third-order valence-electron chi connectivity index (χ3n) is 4.19. The first-order valence-corrected chi connectivity index (χ1v) is 7.52. The van der Waals surface area contributed by atoms with Crippen molar-refractivity contribution in [2.45, 2.75) is 39.5 Å². The molecule has 0 unspecified atom stereocenters. The van der Waals surface area contributed by atoms with Crippen LogP contribution in [0.4, 0.5) is 14.5 Å². The van der Waals surface area contributed by atoms with E-state index in [1.54, 1.807) is 0 Å². The topological polar surface area (TPSA) is 41.1 Å². The Bertz CT molecular complexity index is 504. The molecule has 0 atom stereocenters. The molecule has 2 N–H and O–H groups in total. The highest BCUT2D eigenvalue weighted by molar-refractivity contribution is 5.94. The average Bonchev–Trinajstić information content (AvgIpc) is 3.24. The van der Waals surface area contributed by atoms with Crippen LogP contribution in [-0.2, 0) is 0 Å². The van der Waals surface area contributed by atoms with Crippen LogP contribution in [0.15, 0.2) is 12.1 Å². The van der Waals surface area contributed by atoms with Gasteiger partial charge in [0.05, 0.1) is 0 Å². The molecule has 21 heavy (non-hydrogen) atoms. The fraction of sp³-hybridized carbons (Fsp3) is 0.562. The van der Waals surface area contributed by atoms with Gasteiger partial charge in [-0.15, -0.1) is 0 Å². The lowest BCUT2D eigenvalue weighted by molar-refractivity contribution is 0.0943. The minimum absolute atomic E-state index is 0.0268. The van der Waals surface area contributed by atoms with Gasteiger partial charge in [-0.3, -0.25) is 4.79 Å². The van der Waals surface area contributed by atoms with Gasteiger partial charge < -0.3 is 10.6 Å². The number of hydrogen-bond donors (Lipinski definition) is 2. The van der Waals surface area contributed by atoms with E-state index in [-0.39, 0.29) is 16.7 Å². The first-order valence-electron chi connectivity index (χ1n) is 7.52. The van der Waals surface area contributed by atoms with Gasteiger partial charge in [-0.1, -0.05) is 13.8 Å². The van der Waals surface area contributed by atoms with Crippen molar-refractivity contribution in [3.63, 3.8) is 0 Å². The molecule has 0 spiro atoms. The number of anilines is 1. The largest absolute Gasteiger partial charge is 0.380 e. The van der Waals surface area contributed by atoms with E-state index in [2.05, 4.69) is 17.6 Å². The van der Waals surface area contributed by atoms with Gasteiger partial charge in [0.1, 0.15) is 17.3 Å². The minimum Gasteiger partial charge on any atom is -0.380 e. The highest BCUT2D eigenvalue weighted by atomic mass is 19.1. The second kappa shape index (κ2) is 6.41. The molecule has 1 aliphatic rings. The lowest BCUT2D eigenvalue weighted by Gasteiger charge is -2.14. The van der Waals surface area contributed by atoms with Crippen molar-refractivity contribution in [2.75, 3.05) is 18.4 Å². The molecule has 0 aromatic heterocycles. The third kappa shape index (κ3) is 3.71. The Morgan fingerprint density at radius 2 is 1.86 bits per heavy atom. The maximum Gasteiger partial charge on any atom is 0.251 e. The molecule has 1 aromatic carbocycles. The number of benzene rings is 1. The van der Waals surface area contributed by atoms with Crippen LogP contribution in [0.25, 0.3) is 0 Å². The van der Waals surface area contributed by atoms with Gasteiger partial charge >= 0.3 is 0 Å². The molecular weight excluding hydrogens is 274 g/mol. The average molecular weight is 296 g/mol. The molecule has 2 rings (SSSR count). The van der Waals surface area contributed by atoms with E-state index >= 15 is 0 Å². The van der Waals surface area contributed by atoms with Gasteiger partial charge in [-0.25, -0.2) is 8.78 Å². The monoisotopic (exact) mass is 296 g/mol. The minimum atomic E-state index is -0.731. The van der Waals surface area contributed by atoms with Crippen molar-refractivity contribution in [1.82, 2.24) is 5.32 Å². The fourth-order valence-corrected chi connectivity index (χ4v) is 2.33. The Morgan fingerprint density at radius 1 is 1.24 bits per heavy atom. The highest BCUT2D eigenvalue weighted by Gasteiger charge is 2.40. The van der Waals surface area contributed by atoms with E-state index in [0.717, 1.165) is 37.8 Å². The second-order valence-electron chi connectivity index (χ2n) is 5.78. The summed E-state index contributed by atoms with van der Waals surface area (Å²) in [5.74, 6) is -1.88. The van der Waals surface area contributed by atoms with E-state index in [1.807, 2.05) is 6.92 Å². The smallest absolute Gasteiger partial charge is 0.251 e. The predicted molar refractivity (Wildman–Crippen MR) is 79.4 cm³/mol. The van der Waals surface area contributed by atoms with Crippen LogP contribution < -0.4 is 10.6 Å². The summed E-state index contributed by atoms with van der Waals surface area (Å²) in [5, 5.41) is 5.47. The van der Waals surface area contributed by atoms with E-state index in [1.165, 1.54) is 0 Å². The molecule has 0 radical (unpaired) electrons. The van der Waals surface area contributed by atoms with E-state index < -0.39 is 17.5 Å². The maximum absolute atomic E-state index is 13.9. The van der Waals surface area contributed by atoms with Crippen LogP contribution in [-0.4, -0.2) is 19.0 Å². The zero-order valence-corrected chi connectivity index (χ0v) is 12.6. The van der Waals surface area contributed by atoms with Gasteiger partial charge in [0, 0.05) is 18.7 Å². The summed E-state index contributed by atoms with van der Waals surface area (Å²) in [5.41, 5.74) is 0.0645. The Balaban J connectivity index is 2.04. The summed E-state index contributed by atoms with van der Waals surface area (Å²) in [4.78, 5) is 12.0. The summed E-state index contributed by atoms with van der Waals surface area (Å²) in [6.45, 7) is 5.05. The van der Waals surface area contributed by atoms with Gasteiger partial charge in [0.15, 0.2) is 0 Å². The first-order chi connectivity index (χ1) is 10.0. The van der Waals surface area contributed by atoms with Gasteiger partial charge in [-0.2, -0.15) is 0 Å². The molecule has 0 heterocycles. The Morgan fingerprint density at radius 3 is 2.33 bits per heavy atom. The summed E-state index contributed by atoms with van der Waals surface area (Å²) in [6.07, 6.45) is 3.98. The number of carbonyl (C=O) groups excluding carboxylic acids is 1. The van der Waals surface area contributed by atoms with Crippen LogP contribution >= 0.6 is 0 Å². The normalized spacial score (nSPS) is 15.6. The van der Waals surface area contributed by atoms with Crippen LogP contribution in [0.2, 0.25) is 0 Å². The quantitative estimate of drug-likeness (QED) is 0.805. The van der Waals surface area contributed by atoms with Gasteiger partial charge in [0.2, 0.25) is 0 Å². The summed E-state index contributed by atoms with van der Waals surface area (Å²) in [7, 11) is 0. The zero-order valence-electron chi connectivity index (χ0n) is 12.6. The van der Waals surface area contributed by atoms with Gasteiger partial charge in [-0.05, 0) is 43.2 Å². The molecule has 3 nitrogen and oxygen atoms in total. The van der Waals surface area contributed by atoms with Crippen LogP contribution in [0.3, 0.4) is 0 Å². The van der Waals surface area contributed by atoms with Crippen molar-refractivity contribution >= 4 is 11.6 Å². The lowest BCUT2D eigenvalue weighted by atomic mass is 10.0. The van der Waals surface area contributed by atoms with Crippen molar-refractivity contribution in [3.05, 3.63) is 29.3 Å². The SMILES string of the molecule is CCCNc1c(F)cc(C(=O)NCC2(CC)CC2)cc1F. The molecule has 0 saturated heterocycles. The zero-order chi connectivity index (χ0) is 15.5. The summed E-state index contributed by atoms with van der Waals surface area (Å²) >= 11 is 0. The summed E-state index contributed by atoms with van der Waals surface area (Å²) in [6, 6.07) is 2.17. The Hall–Kier alpha value is -1.65. The maximum atomic E-state index is 13.9. The van der Waals surface area contributed by atoms with Crippen molar-refractivity contribution in [2.24, 2.45) is 5.41 Å². The standard InChI is InChI=1S/C16H22F2N2O/c1-3-7-19-14-12(17)8-11(9-13(14)18)15(21)20-10-16(4-2)5-6-16/h8-9,19H,3-7,10H2,1-2H3,(H,20,21). The Labute approximate surface area is 124 Å².